The number of furan rings is 1. The maximum atomic E-state index is 11.8. The van der Waals surface area contributed by atoms with Crippen LogP contribution in [0.1, 0.15) is 24.2 Å². The van der Waals surface area contributed by atoms with E-state index in [1.54, 1.807) is 6.08 Å². The minimum absolute atomic E-state index is 0.0000463. The first-order valence-electron chi connectivity index (χ1n) is 4.84. The molecule has 2 nitrogen and oxygen atoms in total. The average molecular weight is 200 g/mol. The van der Waals surface area contributed by atoms with E-state index in [-0.39, 0.29) is 5.78 Å². The second kappa shape index (κ2) is 3.73. The largest absolute Gasteiger partial charge is 0.464 e. The van der Waals surface area contributed by atoms with Gasteiger partial charge in [-0.15, -0.1) is 0 Å². The van der Waals surface area contributed by atoms with Gasteiger partial charge in [-0.05, 0) is 26.0 Å². The monoisotopic (exact) mass is 200 g/mol. The van der Waals surface area contributed by atoms with Crippen molar-refractivity contribution < 1.29 is 9.21 Å². The minimum atomic E-state index is -0.0000463. The van der Waals surface area contributed by atoms with Gasteiger partial charge in [-0.2, -0.15) is 0 Å². The van der Waals surface area contributed by atoms with Gasteiger partial charge in [0.05, 0.1) is 5.56 Å². The first-order chi connectivity index (χ1) is 7.18. The lowest BCUT2D eigenvalue weighted by atomic mass is 10.1. The molecular formula is C13H12O2. The van der Waals surface area contributed by atoms with Crippen molar-refractivity contribution in [2.45, 2.75) is 13.8 Å². The molecule has 0 saturated heterocycles. The van der Waals surface area contributed by atoms with Crippen LogP contribution in [0.15, 0.2) is 46.6 Å². The van der Waals surface area contributed by atoms with Crippen LogP contribution in [0.2, 0.25) is 0 Å². The van der Waals surface area contributed by atoms with Crippen LogP contribution in [0, 0.1) is 0 Å². The Morgan fingerprint density at radius 3 is 2.73 bits per heavy atom. The molecular weight excluding hydrogens is 188 g/mol. The first kappa shape index (κ1) is 9.71. The molecule has 15 heavy (non-hydrogen) atoms. The lowest BCUT2D eigenvalue weighted by Gasteiger charge is -1.92. The van der Waals surface area contributed by atoms with E-state index in [0.717, 1.165) is 16.5 Å². The lowest BCUT2D eigenvalue weighted by Crippen LogP contribution is -1.92. The van der Waals surface area contributed by atoms with Crippen LogP contribution in [0.4, 0.5) is 0 Å². The quantitative estimate of drug-likeness (QED) is 0.547. The Kier molecular flexibility index (Phi) is 2.42. The summed E-state index contributed by atoms with van der Waals surface area (Å²) in [5, 5.41) is 0.875. The SMILES string of the molecule is CC(C)=CC(=O)c1coc2ccccc12. The van der Waals surface area contributed by atoms with Crippen molar-refractivity contribution in [1.82, 2.24) is 0 Å². The van der Waals surface area contributed by atoms with Crippen molar-refractivity contribution in [3.63, 3.8) is 0 Å². The molecule has 0 amide bonds. The number of benzene rings is 1. The highest BCUT2D eigenvalue weighted by atomic mass is 16.3. The summed E-state index contributed by atoms with van der Waals surface area (Å²) in [6, 6.07) is 7.54. The van der Waals surface area contributed by atoms with Crippen molar-refractivity contribution in [3.05, 3.63) is 47.7 Å². The fourth-order valence-electron chi connectivity index (χ4n) is 1.51. The smallest absolute Gasteiger partial charge is 0.189 e. The molecule has 0 aliphatic heterocycles. The molecule has 2 aromatic rings. The van der Waals surface area contributed by atoms with Gasteiger partial charge < -0.3 is 4.42 Å². The van der Waals surface area contributed by atoms with E-state index in [2.05, 4.69) is 0 Å². The Balaban J connectivity index is 2.53. The molecule has 0 unspecified atom stereocenters. The summed E-state index contributed by atoms with van der Waals surface area (Å²) < 4.78 is 5.30. The van der Waals surface area contributed by atoms with Crippen LogP contribution in [0.5, 0.6) is 0 Å². The number of ketones is 1. The van der Waals surface area contributed by atoms with E-state index in [4.69, 9.17) is 4.42 Å². The molecule has 2 heteroatoms. The Morgan fingerprint density at radius 2 is 2.00 bits per heavy atom. The number of allylic oxidation sites excluding steroid dienone is 2. The minimum Gasteiger partial charge on any atom is -0.464 e. The Labute approximate surface area is 88.2 Å². The van der Waals surface area contributed by atoms with E-state index < -0.39 is 0 Å². The van der Waals surface area contributed by atoms with Crippen molar-refractivity contribution in [2.75, 3.05) is 0 Å². The second-order valence-corrected chi connectivity index (χ2v) is 3.73. The molecule has 0 N–H and O–H groups in total. The first-order valence-corrected chi connectivity index (χ1v) is 4.84. The molecule has 0 radical (unpaired) electrons. The molecule has 0 saturated carbocycles. The van der Waals surface area contributed by atoms with Gasteiger partial charge in [0.25, 0.3) is 0 Å². The zero-order valence-corrected chi connectivity index (χ0v) is 8.78. The third kappa shape index (κ3) is 1.84. The van der Waals surface area contributed by atoms with E-state index >= 15 is 0 Å². The van der Waals surface area contributed by atoms with Gasteiger partial charge in [0.15, 0.2) is 5.78 Å². The number of hydrogen-bond donors (Lipinski definition) is 0. The van der Waals surface area contributed by atoms with E-state index in [1.165, 1.54) is 6.26 Å². The summed E-state index contributed by atoms with van der Waals surface area (Å²) in [4.78, 5) is 11.8. The molecule has 0 aliphatic carbocycles. The Morgan fingerprint density at radius 1 is 1.27 bits per heavy atom. The van der Waals surface area contributed by atoms with Crippen LogP contribution in [0.3, 0.4) is 0 Å². The Hall–Kier alpha value is -1.83. The van der Waals surface area contributed by atoms with Crippen LogP contribution in [-0.2, 0) is 0 Å². The Bertz CT molecular complexity index is 528. The number of carbonyl (C=O) groups is 1. The van der Waals surface area contributed by atoms with Crippen LogP contribution in [-0.4, -0.2) is 5.78 Å². The molecule has 0 aliphatic rings. The standard InChI is InChI=1S/C13H12O2/c1-9(2)7-12(14)11-8-15-13-6-4-3-5-10(11)13/h3-8H,1-2H3. The highest BCUT2D eigenvalue weighted by Gasteiger charge is 2.10. The number of fused-ring (bicyclic) bond motifs is 1. The highest BCUT2D eigenvalue weighted by Crippen LogP contribution is 2.21. The van der Waals surface area contributed by atoms with E-state index in [9.17, 15) is 4.79 Å². The van der Waals surface area contributed by atoms with Gasteiger partial charge >= 0.3 is 0 Å². The highest BCUT2D eigenvalue weighted by molar-refractivity contribution is 6.12. The topological polar surface area (TPSA) is 30.2 Å². The van der Waals surface area contributed by atoms with Gasteiger partial charge in [-0.25, -0.2) is 0 Å². The van der Waals surface area contributed by atoms with Crippen molar-refractivity contribution in [3.8, 4) is 0 Å². The fraction of sp³-hybridized carbons (Fsp3) is 0.154. The van der Waals surface area contributed by atoms with Gasteiger partial charge in [0.1, 0.15) is 11.8 Å². The summed E-state index contributed by atoms with van der Waals surface area (Å²) in [6.07, 6.45) is 3.14. The molecule has 76 valence electrons. The molecule has 0 atom stereocenters. The molecule has 1 aromatic carbocycles. The number of carbonyl (C=O) groups excluding carboxylic acids is 1. The third-order valence-electron chi connectivity index (χ3n) is 2.17. The van der Waals surface area contributed by atoms with Gasteiger partial charge in [0.2, 0.25) is 0 Å². The second-order valence-electron chi connectivity index (χ2n) is 3.73. The fourth-order valence-corrected chi connectivity index (χ4v) is 1.51. The van der Waals surface area contributed by atoms with Gasteiger partial charge in [0, 0.05) is 5.39 Å². The molecule has 0 spiro atoms. The lowest BCUT2D eigenvalue weighted by molar-refractivity contribution is 0.104. The zero-order valence-electron chi connectivity index (χ0n) is 8.78. The molecule has 1 aromatic heterocycles. The normalized spacial score (nSPS) is 10.3. The predicted octanol–water partition coefficient (Wildman–Crippen LogP) is 3.58. The molecule has 1 heterocycles. The number of hydrogen-bond acceptors (Lipinski definition) is 2. The van der Waals surface area contributed by atoms with Crippen LogP contribution >= 0.6 is 0 Å². The maximum Gasteiger partial charge on any atom is 0.189 e. The summed E-state index contributed by atoms with van der Waals surface area (Å²) in [6.45, 7) is 3.81. The summed E-state index contributed by atoms with van der Waals surface area (Å²) >= 11 is 0. The predicted molar refractivity (Wildman–Crippen MR) is 60.0 cm³/mol. The zero-order chi connectivity index (χ0) is 10.8. The summed E-state index contributed by atoms with van der Waals surface area (Å²) in [7, 11) is 0. The maximum absolute atomic E-state index is 11.8. The van der Waals surface area contributed by atoms with Gasteiger partial charge in [-0.1, -0.05) is 23.8 Å². The van der Waals surface area contributed by atoms with E-state index in [0.29, 0.717) is 5.56 Å². The van der Waals surface area contributed by atoms with Crippen molar-refractivity contribution in [1.29, 1.82) is 0 Å². The molecule has 0 fully saturated rings. The molecule has 0 bridgehead atoms. The van der Waals surface area contributed by atoms with Gasteiger partial charge in [-0.3, -0.25) is 4.79 Å². The van der Waals surface area contributed by atoms with E-state index in [1.807, 2.05) is 38.1 Å². The third-order valence-corrected chi connectivity index (χ3v) is 2.17. The summed E-state index contributed by atoms with van der Waals surface area (Å²) in [5.74, 6) is -0.0000463. The molecule has 2 rings (SSSR count). The van der Waals surface area contributed by atoms with Crippen LogP contribution in [0.25, 0.3) is 11.0 Å². The van der Waals surface area contributed by atoms with Crippen LogP contribution < -0.4 is 0 Å². The average Bonchev–Trinajstić information content (AvgIpc) is 2.59. The number of para-hydroxylation sites is 1. The van der Waals surface area contributed by atoms with Crippen molar-refractivity contribution in [2.24, 2.45) is 0 Å². The summed E-state index contributed by atoms with van der Waals surface area (Å²) in [5.41, 5.74) is 2.38. The van der Waals surface area contributed by atoms with Crippen molar-refractivity contribution >= 4 is 16.8 Å². The number of rotatable bonds is 2.